The highest BCUT2D eigenvalue weighted by Crippen LogP contribution is 2.24. The fraction of sp³-hybridized carbons (Fsp3) is 0.417. The largest absolute Gasteiger partial charge is 0.476 e. The quantitative estimate of drug-likeness (QED) is 0.855. The average molecular weight is 249 g/mol. The number of hydrogen-bond donors (Lipinski definition) is 2. The predicted octanol–water partition coefficient (Wildman–Crippen LogP) is 1.80. The highest BCUT2D eigenvalue weighted by atomic mass is 16.4. The van der Waals surface area contributed by atoms with Gasteiger partial charge in [-0.15, -0.1) is 0 Å². The van der Waals surface area contributed by atoms with E-state index in [1.54, 1.807) is 18.0 Å². The second-order valence-electron chi connectivity index (χ2n) is 4.33. The average Bonchev–Trinajstić information content (AvgIpc) is 2.27. The van der Waals surface area contributed by atoms with Crippen molar-refractivity contribution in [3.8, 4) is 0 Å². The summed E-state index contributed by atoms with van der Waals surface area (Å²) in [6.07, 6.45) is 4.52. The molecular weight excluding hydrogens is 234 g/mol. The molecule has 0 radical (unpaired) electrons. The lowest BCUT2D eigenvalue weighted by molar-refractivity contribution is 0.0691. The molecule has 0 aromatic carbocycles. The number of amides is 2. The first-order chi connectivity index (χ1) is 8.59. The summed E-state index contributed by atoms with van der Waals surface area (Å²) in [6.45, 7) is 0. The van der Waals surface area contributed by atoms with E-state index in [2.05, 4.69) is 10.3 Å². The number of aromatic nitrogens is 1. The summed E-state index contributed by atoms with van der Waals surface area (Å²) in [6, 6.07) is 3.08. The topological polar surface area (TPSA) is 82.5 Å². The van der Waals surface area contributed by atoms with Crippen molar-refractivity contribution in [2.24, 2.45) is 0 Å². The third kappa shape index (κ3) is 2.42. The summed E-state index contributed by atoms with van der Waals surface area (Å²) in [7, 11) is 1.72. The van der Waals surface area contributed by atoms with E-state index in [0.717, 1.165) is 19.3 Å². The summed E-state index contributed by atoms with van der Waals surface area (Å²) in [4.78, 5) is 28.2. The van der Waals surface area contributed by atoms with E-state index in [9.17, 15) is 9.59 Å². The van der Waals surface area contributed by atoms with E-state index in [1.807, 2.05) is 0 Å². The number of pyridine rings is 1. The maximum Gasteiger partial charge on any atom is 0.356 e. The Balaban J connectivity index is 2.08. The van der Waals surface area contributed by atoms with Crippen LogP contribution in [0.1, 0.15) is 29.8 Å². The molecule has 1 aliphatic carbocycles. The monoisotopic (exact) mass is 249 g/mol. The SMILES string of the molecule is CN(C(=O)Nc1cccnc1C(=O)O)C1CCC1. The molecule has 2 rings (SSSR count). The molecule has 1 heterocycles. The highest BCUT2D eigenvalue weighted by molar-refractivity contribution is 5.98. The van der Waals surface area contributed by atoms with Gasteiger partial charge in [0.1, 0.15) is 0 Å². The number of carbonyl (C=O) groups is 2. The van der Waals surface area contributed by atoms with E-state index in [4.69, 9.17) is 5.11 Å². The minimum absolute atomic E-state index is 0.146. The number of hydrogen-bond acceptors (Lipinski definition) is 3. The van der Waals surface area contributed by atoms with E-state index in [-0.39, 0.29) is 23.5 Å². The zero-order chi connectivity index (χ0) is 13.1. The van der Waals surface area contributed by atoms with E-state index in [0.29, 0.717) is 0 Å². The van der Waals surface area contributed by atoms with Gasteiger partial charge in [-0.3, -0.25) is 0 Å². The minimum Gasteiger partial charge on any atom is -0.476 e. The van der Waals surface area contributed by atoms with Gasteiger partial charge in [-0.05, 0) is 31.4 Å². The van der Waals surface area contributed by atoms with Crippen molar-refractivity contribution >= 4 is 17.7 Å². The highest BCUT2D eigenvalue weighted by Gasteiger charge is 2.26. The van der Waals surface area contributed by atoms with E-state index in [1.165, 1.54) is 12.3 Å². The fourth-order valence-electron chi connectivity index (χ4n) is 1.82. The summed E-state index contributed by atoms with van der Waals surface area (Å²) in [5.41, 5.74) is 0.0778. The van der Waals surface area contributed by atoms with Crippen molar-refractivity contribution in [2.45, 2.75) is 25.3 Å². The molecule has 6 nitrogen and oxygen atoms in total. The number of urea groups is 1. The molecule has 6 heteroatoms. The second-order valence-corrected chi connectivity index (χ2v) is 4.33. The molecule has 1 aromatic heterocycles. The van der Waals surface area contributed by atoms with E-state index < -0.39 is 5.97 Å². The van der Waals surface area contributed by atoms with Gasteiger partial charge < -0.3 is 15.3 Å². The van der Waals surface area contributed by atoms with Crippen LogP contribution < -0.4 is 5.32 Å². The van der Waals surface area contributed by atoms with Crippen molar-refractivity contribution in [1.82, 2.24) is 9.88 Å². The zero-order valence-corrected chi connectivity index (χ0v) is 10.1. The number of aromatic carboxylic acids is 1. The van der Waals surface area contributed by atoms with Crippen LogP contribution >= 0.6 is 0 Å². The molecule has 18 heavy (non-hydrogen) atoms. The molecule has 1 aromatic rings. The van der Waals surface area contributed by atoms with Crippen molar-refractivity contribution < 1.29 is 14.7 Å². The smallest absolute Gasteiger partial charge is 0.356 e. The van der Waals surface area contributed by atoms with Crippen LogP contribution in [0.15, 0.2) is 18.3 Å². The molecule has 2 amide bonds. The second kappa shape index (κ2) is 5.03. The van der Waals surface area contributed by atoms with E-state index >= 15 is 0 Å². The van der Waals surface area contributed by atoms with Crippen LogP contribution in [0.25, 0.3) is 0 Å². The lowest BCUT2D eigenvalue weighted by Crippen LogP contribution is -2.43. The fourth-order valence-corrected chi connectivity index (χ4v) is 1.82. The van der Waals surface area contributed by atoms with Crippen molar-refractivity contribution in [3.05, 3.63) is 24.0 Å². The maximum absolute atomic E-state index is 11.9. The molecule has 1 fully saturated rings. The lowest BCUT2D eigenvalue weighted by Gasteiger charge is -2.34. The normalized spacial score (nSPS) is 14.7. The Morgan fingerprint density at radius 1 is 1.50 bits per heavy atom. The van der Waals surface area contributed by atoms with Crippen LogP contribution in [0.3, 0.4) is 0 Å². The Morgan fingerprint density at radius 3 is 2.78 bits per heavy atom. The summed E-state index contributed by atoms with van der Waals surface area (Å²) >= 11 is 0. The predicted molar refractivity (Wildman–Crippen MR) is 65.6 cm³/mol. The summed E-state index contributed by atoms with van der Waals surface area (Å²) in [5, 5.41) is 11.5. The zero-order valence-electron chi connectivity index (χ0n) is 10.1. The Bertz CT molecular complexity index is 471. The molecular formula is C12H15N3O3. The standard InChI is InChI=1S/C12H15N3O3/c1-15(8-4-2-5-8)12(18)14-9-6-3-7-13-10(9)11(16)17/h3,6-8H,2,4-5H2,1H3,(H,14,18)(H,16,17). The summed E-state index contributed by atoms with van der Waals surface area (Å²) < 4.78 is 0. The number of carbonyl (C=O) groups excluding carboxylic acids is 1. The number of carboxylic acids is 1. The van der Waals surface area contributed by atoms with Gasteiger partial charge in [0.2, 0.25) is 0 Å². The van der Waals surface area contributed by atoms with Crippen LogP contribution in [0.5, 0.6) is 0 Å². The van der Waals surface area contributed by atoms with Crippen LogP contribution in [-0.2, 0) is 0 Å². The number of rotatable bonds is 3. The van der Waals surface area contributed by atoms with Crippen LogP contribution in [0, 0.1) is 0 Å². The van der Waals surface area contributed by atoms with Gasteiger partial charge in [-0.1, -0.05) is 0 Å². The van der Waals surface area contributed by atoms with Crippen LogP contribution in [0.4, 0.5) is 10.5 Å². The van der Waals surface area contributed by atoms with Gasteiger partial charge in [0.15, 0.2) is 5.69 Å². The molecule has 0 spiro atoms. The number of nitrogens with one attached hydrogen (secondary N) is 1. The molecule has 0 bridgehead atoms. The van der Waals surface area contributed by atoms with Gasteiger partial charge >= 0.3 is 12.0 Å². The Kier molecular flexibility index (Phi) is 3.45. The molecule has 2 N–H and O–H groups in total. The summed E-state index contributed by atoms with van der Waals surface area (Å²) in [5.74, 6) is -1.16. The molecule has 0 unspecified atom stereocenters. The van der Waals surface area contributed by atoms with Gasteiger partial charge in [0.05, 0.1) is 5.69 Å². The maximum atomic E-state index is 11.9. The molecule has 1 aliphatic rings. The van der Waals surface area contributed by atoms with Crippen molar-refractivity contribution in [3.63, 3.8) is 0 Å². The molecule has 0 atom stereocenters. The van der Waals surface area contributed by atoms with Crippen LogP contribution in [0.2, 0.25) is 0 Å². The number of nitrogens with zero attached hydrogens (tertiary/aromatic N) is 2. The van der Waals surface area contributed by atoms with Gasteiger partial charge in [-0.25, -0.2) is 14.6 Å². The third-order valence-corrected chi connectivity index (χ3v) is 3.19. The first-order valence-corrected chi connectivity index (χ1v) is 5.81. The lowest BCUT2D eigenvalue weighted by atomic mass is 9.92. The van der Waals surface area contributed by atoms with Crippen molar-refractivity contribution in [2.75, 3.05) is 12.4 Å². The number of carboxylic acid groups (broad SMARTS) is 1. The Morgan fingerprint density at radius 2 is 2.22 bits per heavy atom. The van der Waals surface area contributed by atoms with Gasteiger partial charge in [-0.2, -0.15) is 0 Å². The van der Waals surface area contributed by atoms with Gasteiger partial charge in [0.25, 0.3) is 0 Å². The first kappa shape index (κ1) is 12.3. The minimum atomic E-state index is -1.16. The van der Waals surface area contributed by atoms with Crippen LogP contribution in [-0.4, -0.2) is 40.1 Å². The molecule has 96 valence electrons. The third-order valence-electron chi connectivity index (χ3n) is 3.19. The van der Waals surface area contributed by atoms with Gasteiger partial charge in [0, 0.05) is 19.3 Å². The Hall–Kier alpha value is -2.11. The molecule has 0 saturated heterocycles. The molecule has 0 aliphatic heterocycles. The number of anilines is 1. The Labute approximate surface area is 105 Å². The first-order valence-electron chi connectivity index (χ1n) is 5.81. The van der Waals surface area contributed by atoms with Crippen molar-refractivity contribution in [1.29, 1.82) is 0 Å². The molecule has 1 saturated carbocycles.